The Hall–Kier alpha value is -2.13. The minimum atomic E-state index is -3.96. The van der Waals surface area contributed by atoms with Gasteiger partial charge in [0.1, 0.15) is 11.3 Å². The molecule has 1 aromatic carbocycles. The van der Waals surface area contributed by atoms with Gasteiger partial charge in [0, 0.05) is 12.5 Å². The number of rotatable bonds is 7. The number of hydrogen-bond acceptors (Lipinski definition) is 5. The first kappa shape index (κ1) is 16.9. The second-order valence-electron chi connectivity index (χ2n) is 4.36. The molecule has 1 amide bonds. The van der Waals surface area contributed by atoms with Gasteiger partial charge >= 0.3 is 5.97 Å². The molecule has 0 aromatic heterocycles. The molecule has 1 aromatic rings. The Bertz CT molecular complexity index is 656. The van der Waals surface area contributed by atoms with Crippen molar-refractivity contribution in [2.24, 2.45) is 5.73 Å². The quantitative estimate of drug-likeness (QED) is 0.644. The predicted molar refractivity (Wildman–Crippen MR) is 73.5 cm³/mol. The number of carbonyl (C=O) groups is 2. The summed E-state index contributed by atoms with van der Waals surface area (Å²) in [7, 11) is -2.68. The molecular weight excluding hydrogens is 300 g/mol. The van der Waals surface area contributed by atoms with Crippen LogP contribution >= 0.6 is 0 Å². The molecule has 0 aliphatic rings. The molecular formula is C12H16N2O6S. The molecule has 0 spiro atoms. The third-order valence-corrected chi connectivity index (χ3v) is 4.16. The van der Waals surface area contributed by atoms with Gasteiger partial charge in [-0.25, -0.2) is 17.9 Å². The van der Waals surface area contributed by atoms with Gasteiger partial charge in [0.15, 0.2) is 0 Å². The molecule has 8 nitrogen and oxygen atoms in total. The van der Waals surface area contributed by atoms with E-state index in [9.17, 15) is 18.0 Å². The van der Waals surface area contributed by atoms with Gasteiger partial charge in [-0.3, -0.25) is 4.79 Å². The maximum atomic E-state index is 12.1. The zero-order chi connectivity index (χ0) is 16.2. The second kappa shape index (κ2) is 6.55. The summed E-state index contributed by atoms with van der Waals surface area (Å²) in [5, 5.41) is 9.03. The largest absolute Gasteiger partial charge is 0.496 e. The molecule has 0 aliphatic carbocycles. The zero-order valence-corrected chi connectivity index (χ0v) is 12.3. The number of carbonyl (C=O) groups excluding carboxylic acids is 1. The van der Waals surface area contributed by atoms with Crippen molar-refractivity contribution < 1.29 is 27.9 Å². The van der Waals surface area contributed by atoms with Crippen molar-refractivity contribution in [3.05, 3.63) is 23.8 Å². The normalized spacial score (nSPS) is 12.7. The van der Waals surface area contributed by atoms with Crippen LogP contribution < -0.4 is 15.2 Å². The lowest BCUT2D eigenvalue weighted by molar-refractivity contribution is -0.118. The van der Waals surface area contributed by atoms with Crippen molar-refractivity contribution in [1.29, 1.82) is 0 Å². The van der Waals surface area contributed by atoms with Gasteiger partial charge in [0.2, 0.25) is 15.9 Å². The van der Waals surface area contributed by atoms with E-state index in [2.05, 4.69) is 4.72 Å². The summed E-state index contributed by atoms with van der Waals surface area (Å²) in [6, 6.07) is 2.74. The summed E-state index contributed by atoms with van der Waals surface area (Å²) < 4.78 is 31.3. The maximum absolute atomic E-state index is 12.1. The van der Waals surface area contributed by atoms with E-state index in [1.54, 1.807) is 0 Å². The number of carboxylic acids is 1. The molecule has 0 saturated carbocycles. The second-order valence-corrected chi connectivity index (χ2v) is 6.07. The van der Waals surface area contributed by atoms with Crippen LogP contribution in [-0.4, -0.2) is 38.6 Å². The van der Waals surface area contributed by atoms with Gasteiger partial charge in [0.25, 0.3) is 0 Å². The third kappa shape index (κ3) is 4.43. The molecule has 9 heteroatoms. The van der Waals surface area contributed by atoms with Crippen LogP contribution in [0.5, 0.6) is 5.75 Å². The fourth-order valence-electron chi connectivity index (χ4n) is 1.70. The van der Waals surface area contributed by atoms with Crippen LogP contribution in [-0.2, 0) is 14.8 Å². The first-order valence-electron chi connectivity index (χ1n) is 5.89. The molecule has 0 radical (unpaired) electrons. The molecule has 1 unspecified atom stereocenters. The number of ether oxygens (including phenoxy) is 1. The number of methoxy groups -OCH3 is 1. The number of benzene rings is 1. The zero-order valence-electron chi connectivity index (χ0n) is 11.5. The Kier molecular flexibility index (Phi) is 5.28. The highest BCUT2D eigenvalue weighted by Gasteiger charge is 2.21. The number of sulfonamides is 1. The summed E-state index contributed by atoms with van der Waals surface area (Å²) in [6.07, 6.45) is -0.166. The van der Waals surface area contributed by atoms with E-state index in [0.29, 0.717) is 0 Å². The summed E-state index contributed by atoms with van der Waals surface area (Å²) in [4.78, 5) is 21.6. The van der Waals surface area contributed by atoms with Crippen molar-refractivity contribution in [3.63, 3.8) is 0 Å². The van der Waals surface area contributed by atoms with Crippen molar-refractivity contribution in [2.75, 3.05) is 7.11 Å². The van der Waals surface area contributed by atoms with Gasteiger partial charge in [-0.2, -0.15) is 0 Å². The number of primary amides is 1. The van der Waals surface area contributed by atoms with Crippen LogP contribution in [0.4, 0.5) is 0 Å². The van der Waals surface area contributed by atoms with Crippen LogP contribution in [0.15, 0.2) is 23.1 Å². The highest BCUT2D eigenvalue weighted by atomic mass is 32.2. The smallest absolute Gasteiger partial charge is 0.339 e. The van der Waals surface area contributed by atoms with E-state index in [1.807, 2.05) is 0 Å². The average Bonchev–Trinajstić information content (AvgIpc) is 2.35. The SMILES string of the molecule is COc1ccc(S(=O)(=O)NC(C)CC(N)=O)cc1C(=O)O. The number of nitrogens with two attached hydrogens (primary N) is 1. The third-order valence-electron chi connectivity index (χ3n) is 2.58. The van der Waals surface area contributed by atoms with Crippen molar-refractivity contribution in [2.45, 2.75) is 24.3 Å². The van der Waals surface area contributed by atoms with E-state index in [-0.39, 0.29) is 22.6 Å². The van der Waals surface area contributed by atoms with Gasteiger partial charge in [-0.15, -0.1) is 0 Å². The number of aromatic carboxylic acids is 1. The highest BCUT2D eigenvalue weighted by Crippen LogP contribution is 2.22. The molecule has 1 atom stereocenters. The lowest BCUT2D eigenvalue weighted by Gasteiger charge is -2.13. The average molecular weight is 316 g/mol. The van der Waals surface area contributed by atoms with Crippen LogP contribution in [0, 0.1) is 0 Å². The van der Waals surface area contributed by atoms with Gasteiger partial charge in [0.05, 0.1) is 12.0 Å². The summed E-state index contributed by atoms with van der Waals surface area (Å²) in [6.45, 7) is 1.48. The number of amides is 1. The van der Waals surface area contributed by atoms with E-state index in [0.717, 1.165) is 6.07 Å². The van der Waals surface area contributed by atoms with Gasteiger partial charge in [-0.1, -0.05) is 0 Å². The van der Waals surface area contributed by atoms with Gasteiger partial charge in [-0.05, 0) is 25.1 Å². The Balaban J connectivity index is 3.12. The molecule has 0 fully saturated rings. The number of hydrogen-bond donors (Lipinski definition) is 3. The molecule has 0 bridgehead atoms. The first-order valence-corrected chi connectivity index (χ1v) is 7.37. The molecule has 1 rings (SSSR count). The van der Waals surface area contributed by atoms with E-state index < -0.39 is 27.9 Å². The van der Waals surface area contributed by atoms with Gasteiger partial charge < -0.3 is 15.6 Å². The van der Waals surface area contributed by atoms with Crippen LogP contribution in [0.3, 0.4) is 0 Å². The summed E-state index contributed by atoms with van der Waals surface area (Å²) in [5.41, 5.74) is 4.71. The summed E-state index contributed by atoms with van der Waals surface area (Å²) >= 11 is 0. The van der Waals surface area contributed by atoms with Crippen LogP contribution in [0.2, 0.25) is 0 Å². The Morgan fingerprint density at radius 2 is 2.05 bits per heavy atom. The lowest BCUT2D eigenvalue weighted by atomic mass is 10.2. The summed E-state index contributed by atoms with van der Waals surface area (Å²) in [5.74, 6) is -1.91. The maximum Gasteiger partial charge on any atom is 0.339 e. The topological polar surface area (TPSA) is 136 Å². The molecule has 21 heavy (non-hydrogen) atoms. The van der Waals surface area contributed by atoms with Crippen LogP contribution in [0.1, 0.15) is 23.7 Å². The molecule has 0 aliphatic heterocycles. The molecule has 0 saturated heterocycles. The first-order chi connectivity index (χ1) is 9.67. The monoisotopic (exact) mass is 316 g/mol. The highest BCUT2D eigenvalue weighted by molar-refractivity contribution is 7.89. The van der Waals surface area contributed by atoms with E-state index in [4.69, 9.17) is 15.6 Å². The number of carboxylic acid groups (broad SMARTS) is 1. The fraction of sp³-hybridized carbons (Fsp3) is 0.333. The number of nitrogens with one attached hydrogen (secondary N) is 1. The molecule has 0 heterocycles. The van der Waals surface area contributed by atoms with Crippen molar-refractivity contribution >= 4 is 21.9 Å². The molecule has 4 N–H and O–H groups in total. The Morgan fingerprint density at radius 3 is 2.52 bits per heavy atom. The standard InChI is InChI=1S/C12H16N2O6S/c1-7(5-11(13)15)14-21(18,19)8-3-4-10(20-2)9(6-8)12(16)17/h3-4,6-7,14H,5H2,1-2H3,(H2,13,15)(H,16,17). The Labute approximate surface area is 122 Å². The fourth-order valence-corrected chi connectivity index (χ4v) is 2.97. The predicted octanol–water partition coefficient (Wildman–Crippen LogP) is -0.0644. The molecule has 116 valence electrons. The van der Waals surface area contributed by atoms with Crippen molar-refractivity contribution in [3.8, 4) is 5.75 Å². The van der Waals surface area contributed by atoms with E-state index >= 15 is 0 Å². The lowest BCUT2D eigenvalue weighted by Crippen LogP contribution is -2.35. The minimum Gasteiger partial charge on any atom is -0.496 e. The minimum absolute atomic E-state index is 0.0478. The Morgan fingerprint density at radius 1 is 1.43 bits per heavy atom. The van der Waals surface area contributed by atoms with Crippen LogP contribution in [0.25, 0.3) is 0 Å². The van der Waals surface area contributed by atoms with Crippen molar-refractivity contribution in [1.82, 2.24) is 4.72 Å². The van der Waals surface area contributed by atoms with E-state index in [1.165, 1.54) is 26.2 Å².